The van der Waals surface area contributed by atoms with E-state index in [1.54, 1.807) is 18.3 Å². The van der Waals surface area contributed by atoms with Crippen LogP contribution in [0.4, 0.5) is 4.39 Å². The predicted molar refractivity (Wildman–Crippen MR) is 146 cm³/mol. The molecule has 1 fully saturated rings. The first-order chi connectivity index (χ1) is 16.2. The lowest BCUT2D eigenvalue weighted by molar-refractivity contribution is 0.176. The van der Waals surface area contributed by atoms with Crippen LogP contribution in [0.15, 0.2) is 72.0 Å². The molecule has 1 aliphatic rings. The van der Waals surface area contributed by atoms with Gasteiger partial charge in [0, 0.05) is 44.6 Å². The number of guanidine groups is 1. The molecular formula is C26H34FIN6. The first kappa shape index (κ1) is 26.2. The van der Waals surface area contributed by atoms with Crippen LogP contribution in [0.3, 0.4) is 0 Å². The molecule has 34 heavy (non-hydrogen) atoms. The van der Waals surface area contributed by atoms with Crippen LogP contribution >= 0.6 is 24.0 Å². The molecule has 2 N–H and O–H groups in total. The van der Waals surface area contributed by atoms with E-state index in [0.717, 1.165) is 62.7 Å². The van der Waals surface area contributed by atoms with E-state index in [9.17, 15) is 4.39 Å². The summed E-state index contributed by atoms with van der Waals surface area (Å²) in [5.74, 6) is 1.34. The fourth-order valence-electron chi connectivity index (χ4n) is 4.24. The lowest BCUT2D eigenvalue weighted by Gasteiger charge is -2.32. The zero-order valence-electron chi connectivity index (χ0n) is 19.7. The van der Waals surface area contributed by atoms with Gasteiger partial charge in [0.2, 0.25) is 0 Å². The topological polar surface area (TPSA) is 57.5 Å². The Morgan fingerprint density at radius 1 is 1.06 bits per heavy atom. The fourth-order valence-corrected chi connectivity index (χ4v) is 4.24. The Morgan fingerprint density at radius 2 is 1.82 bits per heavy atom. The van der Waals surface area contributed by atoms with E-state index in [1.165, 1.54) is 5.56 Å². The summed E-state index contributed by atoms with van der Waals surface area (Å²) < 4.78 is 15.8. The predicted octanol–water partition coefficient (Wildman–Crippen LogP) is 4.25. The minimum Gasteiger partial charge on any atom is -0.356 e. The van der Waals surface area contributed by atoms with Crippen molar-refractivity contribution in [2.45, 2.75) is 25.8 Å². The number of halogens is 2. The summed E-state index contributed by atoms with van der Waals surface area (Å²) in [6, 6.07) is 17.5. The fraction of sp³-hybridized carbons (Fsp3) is 0.385. The van der Waals surface area contributed by atoms with Gasteiger partial charge in [-0.1, -0.05) is 30.3 Å². The molecule has 0 atom stereocenters. The van der Waals surface area contributed by atoms with Gasteiger partial charge < -0.3 is 10.6 Å². The SMILES string of the molecule is CN=C(NCCc1ccc(-n2cccn2)cc1)NCC1CCN(Cc2ccccc2F)CC1.I. The van der Waals surface area contributed by atoms with Gasteiger partial charge in [-0.15, -0.1) is 24.0 Å². The third-order valence-corrected chi connectivity index (χ3v) is 6.25. The average Bonchev–Trinajstić information content (AvgIpc) is 3.39. The van der Waals surface area contributed by atoms with Crippen molar-refractivity contribution in [2.24, 2.45) is 10.9 Å². The second kappa shape index (κ2) is 13.4. The maximum absolute atomic E-state index is 13.9. The van der Waals surface area contributed by atoms with Crippen molar-refractivity contribution in [3.05, 3.63) is 83.9 Å². The summed E-state index contributed by atoms with van der Waals surface area (Å²) >= 11 is 0. The molecule has 1 aromatic heterocycles. The monoisotopic (exact) mass is 576 g/mol. The third kappa shape index (κ3) is 7.53. The van der Waals surface area contributed by atoms with Crippen molar-refractivity contribution in [1.82, 2.24) is 25.3 Å². The first-order valence-corrected chi connectivity index (χ1v) is 11.7. The van der Waals surface area contributed by atoms with Crippen molar-refractivity contribution in [3.63, 3.8) is 0 Å². The van der Waals surface area contributed by atoms with Crippen LogP contribution in [-0.2, 0) is 13.0 Å². The molecule has 0 radical (unpaired) electrons. The maximum Gasteiger partial charge on any atom is 0.190 e. The van der Waals surface area contributed by atoms with Gasteiger partial charge in [-0.3, -0.25) is 9.89 Å². The Kier molecular flexibility index (Phi) is 10.3. The molecule has 0 aliphatic carbocycles. The summed E-state index contributed by atoms with van der Waals surface area (Å²) in [6.07, 6.45) is 6.88. The van der Waals surface area contributed by atoms with Crippen LogP contribution in [0.1, 0.15) is 24.0 Å². The average molecular weight is 577 g/mol. The minimum absolute atomic E-state index is 0. The summed E-state index contributed by atoms with van der Waals surface area (Å²) in [5.41, 5.74) is 3.12. The Morgan fingerprint density at radius 3 is 2.50 bits per heavy atom. The molecule has 2 aromatic carbocycles. The molecule has 4 rings (SSSR count). The normalized spacial score (nSPS) is 15.1. The summed E-state index contributed by atoms with van der Waals surface area (Å²) in [5, 5.41) is 11.2. The molecule has 0 amide bonds. The highest BCUT2D eigenvalue weighted by Crippen LogP contribution is 2.19. The van der Waals surface area contributed by atoms with Crippen molar-refractivity contribution in [1.29, 1.82) is 0 Å². The lowest BCUT2D eigenvalue weighted by Crippen LogP contribution is -2.43. The molecule has 1 aliphatic heterocycles. The van der Waals surface area contributed by atoms with Crippen LogP contribution in [-0.4, -0.2) is 53.9 Å². The molecule has 8 heteroatoms. The Labute approximate surface area is 218 Å². The number of hydrogen-bond donors (Lipinski definition) is 2. The number of rotatable bonds is 8. The van der Waals surface area contributed by atoms with Crippen LogP contribution in [0, 0.1) is 11.7 Å². The Bertz CT molecular complexity index is 1010. The van der Waals surface area contributed by atoms with Crippen LogP contribution < -0.4 is 10.6 Å². The van der Waals surface area contributed by atoms with Gasteiger partial charge in [-0.2, -0.15) is 5.10 Å². The zero-order chi connectivity index (χ0) is 22.9. The lowest BCUT2D eigenvalue weighted by atomic mass is 9.96. The van der Waals surface area contributed by atoms with Crippen LogP contribution in [0.5, 0.6) is 0 Å². The van der Waals surface area contributed by atoms with Gasteiger partial charge in [0.25, 0.3) is 0 Å². The van der Waals surface area contributed by atoms with E-state index in [2.05, 4.69) is 49.9 Å². The zero-order valence-corrected chi connectivity index (χ0v) is 22.0. The molecule has 0 saturated carbocycles. The molecule has 0 spiro atoms. The molecule has 2 heterocycles. The smallest absolute Gasteiger partial charge is 0.190 e. The van der Waals surface area contributed by atoms with Crippen LogP contribution in [0.2, 0.25) is 0 Å². The van der Waals surface area contributed by atoms with E-state index in [-0.39, 0.29) is 29.8 Å². The van der Waals surface area contributed by atoms with Crippen molar-refractivity contribution in [2.75, 3.05) is 33.2 Å². The Balaban J connectivity index is 0.00000324. The third-order valence-electron chi connectivity index (χ3n) is 6.25. The van der Waals surface area contributed by atoms with Gasteiger partial charge in [0.05, 0.1) is 5.69 Å². The summed E-state index contributed by atoms with van der Waals surface area (Å²) in [4.78, 5) is 6.71. The molecule has 6 nitrogen and oxygen atoms in total. The largest absolute Gasteiger partial charge is 0.356 e. The second-order valence-corrected chi connectivity index (χ2v) is 8.56. The summed E-state index contributed by atoms with van der Waals surface area (Å²) in [6.45, 7) is 4.43. The number of benzene rings is 2. The molecule has 3 aromatic rings. The number of aromatic nitrogens is 2. The van der Waals surface area contributed by atoms with E-state index in [0.29, 0.717) is 12.5 Å². The number of nitrogens with one attached hydrogen (secondary N) is 2. The second-order valence-electron chi connectivity index (χ2n) is 8.56. The number of piperidine rings is 1. The highest BCUT2D eigenvalue weighted by molar-refractivity contribution is 14.0. The van der Waals surface area contributed by atoms with E-state index in [1.807, 2.05) is 36.1 Å². The van der Waals surface area contributed by atoms with E-state index in [4.69, 9.17) is 0 Å². The maximum atomic E-state index is 13.9. The first-order valence-electron chi connectivity index (χ1n) is 11.7. The number of likely N-dealkylation sites (tertiary alicyclic amines) is 1. The quantitative estimate of drug-likeness (QED) is 0.239. The standard InChI is InChI=1S/C26H33FN6.HI/c1-28-26(29-15-11-21-7-9-24(10-8-21)33-16-4-14-31-33)30-19-22-12-17-32(18-13-22)20-23-5-2-3-6-25(23)27;/h2-10,14,16,22H,11-13,15,17-20H2,1H3,(H2,28,29,30);1H. The molecule has 1 saturated heterocycles. The van der Waals surface area contributed by atoms with Gasteiger partial charge >= 0.3 is 0 Å². The number of hydrogen-bond acceptors (Lipinski definition) is 3. The number of aliphatic imine (C=N–C) groups is 1. The summed E-state index contributed by atoms with van der Waals surface area (Å²) in [7, 11) is 1.81. The number of nitrogens with zero attached hydrogens (tertiary/aromatic N) is 4. The highest BCUT2D eigenvalue weighted by Gasteiger charge is 2.20. The minimum atomic E-state index is -0.106. The van der Waals surface area contributed by atoms with Crippen molar-refractivity contribution >= 4 is 29.9 Å². The van der Waals surface area contributed by atoms with E-state index >= 15 is 0 Å². The van der Waals surface area contributed by atoms with Crippen molar-refractivity contribution < 1.29 is 4.39 Å². The van der Waals surface area contributed by atoms with Gasteiger partial charge in [-0.05, 0) is 68.1 Å². The molecule has 0 unspecified atom stereocenters. The Hall–Kier alpha value is -2.46. The molecule has 182 valence electrons. The van der Waals surface area contributed by atoms with Gasteiger partial charge in [-0.25, -0.2) is 9.07 Å². The molecule has 0 bridgehead atoms. The van der Waals surface area contributed by atoms with E-state index < -0.39 is 0 Å². The van der Waals surface area contributed by atoms with Crippen LogP contribution in [0.25, 0.3) is 5.69 Å². The van der Waals surface area contributed by atoms with Crippen molar-refractivity contribution in [3.8, 4) is 5.69 Å². The van der Waals surface area contributed by atoms with Gasteiger partial charge in [0.15, 0.2) is 5.96 Å². The molecular weight excluding hydrogens is 542 g/mol. The van der Waals surface area contributed by atoms with Gasteiger partial charge in [0.1, 0.15) is 5.82 Å². The highest BCUT2D eigenvalue weighted by atomic mass is 127.